The highest BCUT2D eigenvalue weighted by molar-refractivity contribution is 5.69. The average Bonchev–Trinajstić information content (AvgIpc) is 2.78. The average molecular weight is 281 g/mol. The summed E-state index contributed by atoms with van der Waals surface area (Å²) in [6, 6.07) is 1.27. The number of carbonyl (C=O) groups is 1. The van der Waals surface area contributed by atoms with Gasteiger partial charge in [-0.2, -0.15) is 0 Å². The fourth-order valence-corrected chi connectivity index (χ4v) is 3.51. The number of likely N-dealkylation sites (tertiary alicyclic amines) is 1. The van der Waals surface area contributed by atoms with Crippen molar-refractivity contribution in [2.75, 3.05) is 26.2 Å². The molecule has 2 N–H and O–H groups in total. The summed E-state index contributed by atoms with van der Waals surface area (Å²) >= 11 is 0. The number of fused-ring (bicyclic) bond motifs is 1. The summed E-state index contributed by atoms with van der Waals surface area (Å²) in [4.78, 5) is 13.8. The minimum atomic E-state index is -0.393. The van der Waals surface area contributed by atoms with Crippen LogP contribution in [0, 0.1) is 11.8 Å². The second-order valence-corrected chi connectivity index (χ2v) is 7.44. The number of nitrogens with zero attached hydrogens (tertiary/aromatic N) is 1. The first-order chi connectivity index (χ1) is 9.44. The van der Waals surface area contributed by atoms with Crippen LogP contribution in [0.5, 0.6) is 0 Å². The summed E-state index contributed by atoms with van der Waals surface area (Å²) in [7, 11) is 0. The first-order valence-corrected chi connectivity index (χ1v) is 7.89. The monoisotopic (exact) mass is 281 g/mol. The molecule has 2 aliphatic heterocycles. The van der Waals surface area contributed by atoms with Gasteiger partial charge in [-0.05, 0) is 52.0 Å². The van der Waals surface area contributed by atoms with Gasteiger partial charge in [-0.15, -0.1) is 0 Å². The van der Waals surface area contributed by atoms with Crippen molar-refractivity contribution in [3.63, 3.8) is 0 Å². The maximum absolute atomic E-state index is 12.0. The van der Waals surface area contributed by atoms with Crippen LogP contribution in [0.2, 0.25) is 0 Å². The van der Waals surface area contributed by atoms with Crippen LogP contribution in [0.3, 0.4) is 0 Å². The van der Waals surface area contributed by atoms with Gasteiger partial charge in [0.1, 0.15) is 5.60 Å². The van der Waals surface area contributed by atoms with Crippen molar-refractivity contribution in [1.29, 1.82) is 0 Å². The lowest BCUT2D eigenvalue weighted by molar-refractivity contribution is 0.0269. The molecule has 114 valence electrons. The zero-order chi connectivity index (χ0) is 14.3. The van der Waals surface area contributed by atoms with Crippen LogP contribution in [0.25, 0.3) is 0 Å². The summed E-state index contributed by atoms with van der Waals surface area (Å²) in [5, 5.41) is 7.18. The third kappa shape index (κ3) is 3.09. The maximum atomic E-state index is 12.0. The van der Waals surface area contributed by atoms with Gasteiger partial charge >= 0.3 is 6.09 Å². The second kappa shape index (κ2) is 5.19. The molecule has 0 aromatic rings. The summed E-state index contributed by atoms with van der Waals surface area (Å²) < 4.78 is 5.42. The van der Waals surface area contributed by atoms with E-state index in [1.54, 1.807) is 0 Å². The van der Waals surface area contributed by atoms with Gasteiger partial charge in [0, 0.05) is 31.7 Å². The zero-order valence-electron chi connectivity index (χ0n) is 12.8. The third-order valence-electron chi connectivity index (χ3n) is 4.61. The number of ether oxygens (including phenoxy) is 1. The molecule has 3 fully saturated rings. The van der Waals surface area contributed by atoms with E-state index in [0.29, 0.717) is 23.9 Å². The molecule has 3 rings (SSSR count). The Morgan fingerprint density at radius 3 is 2.60 bits per heavy atom. The van der Waals surface area contributed by atoms with E-state index in [1.807, 2.05) is 25.7 Å². The molecule has 0 aromatic carbocycles. The van der Waals surface area contributed by atoms with Gasteiger partial charge in [0.15, 0.2) is 0 Å². The summed E-state index contributed by atoms with van der Waals surface area (Å²) in [5.41, 5.74) is -0.393. The molecule has 2 saturated heterocycles. The Balaban J connectivity index is 1.38. The third-order valence-corrected chi connectivity index (χ3v) is 4.61. The van der Waals surface area contributed by atoms with Gasteiger partial charge in [0.25, 0.3) is 0 Å². The minimum absolute atomic E-state index is 0.152. The summed E-state index contributed by atoms with van der Waals surface area (Å²) in [5.74, 6) is 1.29. The van der Waals surface area contributed by atoms with Gasteiger partial charge in [0.05, 0.1) is 0 Å². The van der Waals surface area contributed by atoms with E-state index in [4.69, 9.17) is 4.74 Å². The molecule has 0 aromatic heterocycles. The first-order valence-electron chi connectivity index (χ1n) is 7.89. The molecule has 1 amide bonds. The Kier molecular flexibility index (Phi) is 3.67. The number of nitrogens with one attached hydrogen (secondary N) is 2. The van der Waals surface area contributed by atoms with Crippen LogP contribution < -0.4 is 10.6 Å². The quantitative estimate of drug-likeness (QED) is 0.816. The van der Waals surface area contributed by atoms with Gasteiger partial charge in [-0.1, -0.05) is 0 Å². The van der Waals surface area contributed by atoms with Crippen molar-refractivity contribution in [3.8, 4) is 0 Å². The van der Waals surface area contributed by atoms with Crippen LogP contribution in [0.1, 0.15) is 33.6 Å². The van der Waals surface area contributed by atoms with E-state index in [9.17, 15) is 4.79 Å². The van der Waals surface area contributed by atoms with Crippen molar-refractivity contribution in [2.24, 2.45) is 11.8 Å². The van der Waals surface area contributed by atoms with Crippen molar-refractivity contribution in [3.05, 3.63) is 0 Å². The predicted molar refractivity (Wildman–Crippen MR) is 77.6 cm³/mol. The van der Waals surface area contributed by atoms with Gasteiger partial charge in [0.2, 0.25) is 0 Å². The number of hydrogen-bond acceptors (Lipinski definition) is 4. The van der Waals surface area contributed by atoms with Gasteiger partial charge in [-0.3, -0.25) is 0 Å². The molecule has 20 heavy (non-hydrogen) atoms. The highest BCUT2D eigenvalue weighted by atomic mass is 16.6. The second-order valence-electron chi connectivity index (χ2n) is 7.44. The van der Waals surface area contributed by atoms with Crippen molar-refractivity contribution in [2.45, 2.75) is 51.3 Å². The van der Waals surface area contributed by atoms with Crippen molar-refractivity contribution >= 4 is 6.09 Å². The van der Waals surface area contributed by atoms with E-state index >= 15 is 0 Å². The number of rotatable bonds is 3. The normalized spacial score (nSPS) is 36.0. The van der Waals surface area contributed by atoms with Crippen molar-refractivity contribution < 1.29 is 9.53 Å². The topological polar surface area (TPSA) is 53.6 Å². The van der Waals surface area contributed by atoms with E-state index in [1.165, 1.54) is 12.8 Å². The maximum Gasteiger partial charge on any atom is 0.410 e. The molecule has 1 aliphatic carbocycles. The highest BCUT2D eigenvalue weighted by Crippen LogP contribution is 2.45. The van der Waals surface area contributed by atoms with Crippen molar-refractivity contribution in [1.82, 2.24) is 15.5 Å². The zero-order valence-corrected chi connectivity index (χ0v) is 12.8. The Bertz CT molecular complexity index is 362. The van der Waals surface area contributed by atoms with Crippen LogP contribution in [-0.2, 0) is 4.74 Å². The van der Waals surface area contributed by atoms with Crippen LogP contribution in [0.15, 0.2) is 0 Å². The summed E-state index contributed by atoms with van der Waals surface area (Å²) in [6.07, 6.45) is 2.44. The van der Waals surface area contributed by atoms with E-state index in [2.05, 4.69) is 10.6 Å². The first kappa shape index (κ1) is 14.1. The Morgan fingerprint density at radius 2 is 2.05 bits per heavy atom. The van der Waals surface area contributed by atoms with Crippen LogP contribution in [-0.4, -0.2) is 54.9 Å². The van der Waals surface area contributed by atoms with Gasteiger partial charge in [-0.25, -0.2) is 4.79 Å². The fourth-order valence-electron chi connectivity index (χ4n) is 3.51. The summed E-state index contributed by atoms with van der Waals surface area (Å²) in [6.45, 7) is 9.70. The SMILES string of the molecule is CC(C)(C)OC(=O)N1CC2C(C1)C2NCC1CCCN1. The van der Waals surface area contributed by atoms with Crippen LogP contribution >= 0.6 is 0 Å². The smallest absolute Gasteiger partial charge is 0.410 e. The molecule has 5 nitrogen and oxygen atoms in total. The van der Waals surface area contributed by atoms with E-state index in [-0.39, 0.29) is 6.09 Å². The van der Waals surface area contributed by atoms with E-state index < -0.39 is 5.60 Å². The molecule has 1 saturated carbocycles. The minimum Gasteiger partial charge on any atom is -0.444 e. The molecule has 5 heteroatoms. The van der Waals surface area contributed by atoms with Gasteiger partial charge < -0.3 is 20.3 Å². The molecule has 3 unspecified atom stereocenters. The number of hydrogen-bond donors (Lipinski definition) is 2. The van der Waals surface area contributed by atoms with Crippen LogP contribution in [0.4, 0.5) is 4.79 Å². The standard InChI is InChI=1S/C15H27N3O2/c1-15(2,3)20-14(19)18-8-11-12(9-18)13(11)17-7-10-5-4-6-16-10/h10-13,16-17H,4-9H2,1-3H3. The number of amides is 1. The predicted octanol–water partition coefficient (Wildman–Crippen LogP) is 1.19. The molecular formula is C15H27N3O2. The largest absolute Gasteiger partial charge is 0.444 e. The Hall–Kier alpha value is -0.810. The molecular weight excluding hydrogens is 254 g/mol. The lowest BCUT2D eigenvalue weighted by atomic mass is 10.2. The number of carbonyl (C=O) groups excluding carboxylic acids is 1. The molecule has 3 atom stereocenters. The lowest BCUT2D eigenvalue weighted by Crippen LogP contribution is -2.41. The molecule has 0 bridgehead atoms. The highest BCUT2D eigenvalue weighted by Gasteiger charge is 2.57. The molecule has 0 radical (unpaired) electrons. The molecule has 2 heterocycles. The fraction of sp³-hybridized carbons (Fsp3) is 0.933. The Labute approximate surface area is 121 Å². The Morgan fingerprint density at radius 1 is 1.35 bits per heavy atom. The lowest BCUT2D eigenvalue weighted by Gasteiger charge is -2.26. The molecule has 3 aliphatic rings. The number of piperidine rings is 1. The van der Waals surface area contributed by atoms with E-state index in [0.717, 1.165) is 26.2 Å². The molecule has 0 spiro atoms.